The normalized spacial score (nSPS) is 13.4. The van der Waals surface area contributed by atoms with Gasteiger partial charge in [0.2, 0.25) is 0 Å². The zero-order valence-electron chi connectivity index (χ0n) is 58.9. The summed E-state index contributed by atoms with van der Waals surface area (Å²) in [5, 5.41) is 0. The molecule has 0 aliphatic carbocycles. The van der Waals surface area contributed by atoms with Gasteiger partial charge < -0.3 is 20.1 Å². The molecule has 0 saturated carbocycles. The summed E-state index contributed by atoms with van der Waals surface area (Å²) in [6.07, 6.45) is 103. The summed E-state index contributed by atoms with van der Waals surface area (Å²) >= 11 is 0. The molecule has 0 amide bonds. The van der Waals surface area contributed by atoms with E-state index in [-0.39, 0.29) is 38.6 Å². The molecule has 0 aromatic rings. The van der Waals surface area contributed by atoms with Crippen molar-refractivity contribution in [3.05, 3.63) is 97.2 Å². The summed E-state index contributed by atoms with van der Waals surface area (Å²) < 4.78 is 33.2. The summed E-state index contributed by atoms with van der Waals surface area (Å²) in [4.78, 5) is 35.4. The van der Waals surface area contributed by atoms with E-state index in [0.717, 1.165) is 96.3 Å². The lowest BCUT2D eigenvalue weighted by Crippen LogP contribution is -2.29. The predicted octanol–water partition coefficient (Wildman–Crippen LogP) is 25.5. The molecule has 0 radical (unpaired) electrons. The molecule has 2 atom stereocenters. The lowest BCUT2D eigenvalue weighted by atomic mass is 10.0. The predicted molar refractivity (Wildman–Crippen MR) is 390 cm³/mol. The Bertz CT molecular complexity index is 1800. The fraction of sp³-hybridized carbons (Fsp3) is 0.775. The first-order valence-corrected chi connectivity index (χ1v) is 39.7. The van der Waals surface area contributed by atoms with Crippen LogP contribution in [0.25, 0.3) is 0 Å². The number of hydrogen-bond donors (Lipinski definition) is 2. The molecular formula is C80H144NO8P. The van der Waals surface area contributed by atoms with Crippen LogP contribution < -0.4 is 5.73 Å². The molecule has 0 fully saturated rings. The SMILES string of the molecule is CC/C=C\C/C=C\C/C=C\C/C=C\C/C=C\C/C=C\C/C=C\C/C=C\CCCCCCC(=O)OC(COC(=O)CCCCCCCCCCCCCCCCCCCCCCCCCCCCCCCCCCCCCCCCCC)COP(=O)(O)OCCN. The van der Waals surface area contributed by atoms with Crippen molar-refractivity contribution < 1.29 is 37.6 Å². The molecule has 0 saturated heterocycles. The first-order chi connectivity index (χ1) is 44.3. The van der Waals surface area contributed by atoms with Crippen molar-refractivity contribution >= 4 is 19.8 Å². The Morgan fingerprint density at radius 2 is 0.611 bits per heavy atom. The Hall–Kier alpha value is -3.07. The molecular weight excluding hydrogens is 1130 g/mol. The molecule has 9 nitrogen and oxygen atoms in total. The van der Waals surface area contributed by atoms with E-state index < -0.39 is 26.5 Å². The van der Waals surface area contributed by atoms with E-state index >= 15 is 0 Å². The second kappa shape index (κ2) is 75.0. The minimum absolute atomic E-state index is 0.0453. The van der Waals surface area contributed by atoms with E-state index in [4.69, 9.17) is 24.3 Å². The van der Waals surface area contributed by atoms with Gasteiger partial charge in [-0.1, -0.05) is 374 Å². The van der Waals surface area contributed by atoms with Gasteiger partial charge in [0.15, 0.2) is 6.10 Å². The van der Waals surface area contributed by atoms with E-state index in [9.17, 15) is 19.0 Å². The number of ether oxygens (including phenoxy) is 2. The zero-order valence-corrected chi connectivity index (χ0v) is 59.8. The third-order valence-corrected chi connectivity index (χ3v) is 17.7. The highest BCUT2D eigenvalue weighted by atomic mass is 31.2. The molecule has 0 aliphatic heterocycles. The molecule has 0 rings (SSSR count). The Kier molecular flexibility index (Phi) is 72.4. The molecule has 90 heavy (non-hydrogen) atoms. The molecule has 2 unspecified atom stereocenters. The highest BCUT2D eigenvalue weighted by Gasteiger charge is 2.26. The van der Waals surface area contributed by atoms with Gasteiger partial charge in [0, 0.05) is 19.4 Å². The van der Waals surface area contributed by atoms with Crippen molar-refractivity contribution in [2.75, 3.05) is 26.4 Å². The number of hydrogen-bond acceptors (Lipinski definition) is 8. The van der Waals surface area contributed by atoms with Crippen LogP contribution in [0.5, 0.6) is 0 Å². The average Bonchev–Trinajstić information content (AvgIpc) is 3.75. The summed E-state index contributed by atoms with van der Waals surface area (Å²) in [5.74, 6) is -0.849. The Morgan fingerprint density at radius 1 is 0.344 bits per heavy atom. The zero-order chi connectivity index (χ0) is 65.1. The van der Waals surface area contributed by atoms with Crippen LogP contribution >= 0.6 is 7.82 Å². The third kappa shape index (κ3) is 74.0. The third-order valence-electron chi connectivity index (χ3n) is 16.7. The van der Waals surface area contributed by atoms with Crippen LogP contribution in [-0.2, 0) is 32.7 Å². The van der Waals surface area contributed by atoms with Gasteiger partial charge in [0.05, 0.1) is 13.2 Å². The Balaban J connectivity index is 3.83. The summed E-state index contributed by atoms with van der Waals surface area (Å²) in [7, 11) is -4.41. The second-order valence-electron chi connectivity index (χ2n) is 25.5. The van der Waals surface area contributed by atoms with Crippen LogP contribution in [0, 0.1) is 0 Å². The van der Waals surface area contributed by atoms with Gasteiger partial charge in [-0.2, -0.15) is 0 Å². The first kappa shape index (κ1) is 86.9. The average molecular weight is 1280 g/mol. The van der Waals surface area contributed by atoms with Gasteiger partial charge in [0.1, 0.15) is 6.61 Å². The molecule has 3 N–H and O–H groups in total. The Morgan fingerprint density at radius 3 is 0.911 bits per heavy atom. The van der Waals surface area contributed by atoms with Gasteiger partial charge in [-0.25, -0.2) is 4.57 Å². The highest BCUT2D eigenvalue weighted by Crippen LogP contribution is 2.43. The number of allylic oxidation sites excluding steroid dienone is 16. The van der Waals surface area contributed by atoms with Crippen LogP contribution in [0.4, 0.5) is 0 Å². The smallest absolute Gasteiger partial charge is 0.462 e. The maximum Gasteiger partial charge on any atom is 0.472 e. The maximum absolute atomic E-state index is 12.8. The number of esters is 2. The van der Waals surface area contributed by atoms with Crippen molar-refractivity contribution in [2.45, 2.75) is 373 Å². The number of phosphoric ester groups is 1. The van der Waals surface area contributed by atoms with E-state index in [1.165, 1.54) is 238 Å². The fourth-order valence-electron chi connectivity index (χ4n) is 11.1. The summed E-state index contributed by atoms with van der Waals surface area (Å²) in [6.45, 7) is 3.64. The van der Waals surface area contributed by atoms with Gasteiger partial charge in [-0.15, -0.1) is 0 Å². The summed E-state index contributed by atoms with van der Waals surface area (Å²) in [6, 6.07) is 0. The monoisotopic (exact) mass is 1280 g/mol. The van der Waals surface area contributed by atoms with E-state index in [1.54, 1.807) is 0 Å². The fourth-order valence-corrected chi connectivity index (χ4v) is 11.9. The van der Waals surface area contributed by atoms with Crippen LogP contribution in [0.1, 0.15) is 367 Å². The van der Waals surface area contributed by atoms with E-state index in [0.29, 0.717) is 6.42 Å². The molecule has 0 bridgehead atoms. The quantitative estimate of drug-likeness (QED) is 0.0264. The number of carbonyl (C=O) groups is 2. The van der Waals surface area contributed by atoms with Crippen LogP contribution in [0.2, 0.25) is 0 Å². The van der Waals surface area contributed by atoms with E-state index in [2.05, 4.69) is 111 Å². The lowest BCUT2D eigenvalue weighted by molar-refractivity contribution is -0.161. The number of unbranched alkanes of at least 4 members (excludes halogenated alkanes) is 43. The number of rotatable bonds is 72. The van der Waals surface area contributed by atoms with Gasteiger partial charge in [0.25, 0.3) is 0 Å². The van der Waals surface area contributed by atoms with Crippen molar-refractivity contribution in [3.8, 4) is 0 Å². The Labute approximate surface area is 557 Å². The second-order valence-corrected chi connectivity index (χ2v) is 27.0. The number of nitrogens with two attached hydrogens (primary N) is 1. The highest BCUT2D eigenvalue weighted by molar-refractivity contribution is 7.47. The largest absolute Gasteiger partial charge is 0.472 e. The van der Waals surface area contributed by atoms with Crippen molar-refractivity contribution in [2.24, 2.45) is 5.73 Å². The van der Waals surface area contributed by atoms with Crippen LogP contribution in [0.15, 0.2) is 97.2 Å². The minimum Gasteiger partial charge on any atom is -0.462 e. The molecule has 0 spiro atoms. The van der Waals surface area contributed by atoms with Gasteiger partial charge in [-0.3, -0.25) is 18.6 Å². The molecule has 10 heteroatoms. The topological polar surface area (TPSA) is 134 Å². The van der Waals surface area contributed by atoms with Crippen molar-refractivity contribution in [3.63, 3.8) is 0 Å². The molecule has 0 aromatic heterocycles. The number of phosphoric acid groups is 1. The van der Waals surface area contributed by atoms with Crippen molar-refractivity contribution in [1.82, 2.24) is 0 Å². The molecule has 0 aliphatic rings. The van der Waals surface area contributed by atoms with Gasteiger partial charge in [-0.05, 0) is 77.0 Å². The van der Waals surface area contributed by atoms with Crippen molar-refractivity contribution in [1.29, 1.82) is 0 Å². The van der Waals surface area contributed by atoms with Gasteiger partial charge >= 0.3 is 19.8 Å². The molecule has 0 aromatic carbocycles. The molecule has 0 heterocycles. The molecule has 522 valence electrons. The van der Waals surface area contributed by atoms with E-state index in [1.807, 2.05) is 0 Å². The maximum atomic E-state index is 12.8. The lowest BCUT2D eigenvalue weighted by Gasteiger charge is -2.19. The standard InChI is InChI=1S/C80H144NO8P/c1-3-5-7-9-11-13-15-17-19-21-23-25-27-29-31-33-34-35-36-37-38-39-40-41-42-43-45-46-48-50-52-54-56-58-60-62-64-66-68-70-72-79(82)86-76-78(77-88-90(84,85)87-75-74-81)89-80(83)73-71-69-67-65-63-61-59-57-55-53-51-49-47-44-32-30-28-26-24-22-20-18-16-14-12-10-8-6-4-2/h6,8,12,14,18,20,24,26,30,32,47,49,53,55,59,61,78H,3-5,7,9-11,13,15-17,19,21-23,25,27-29,31,33-46,48,50-52,54,56-58,60,62-77,81H2,1-2H3,(H,84,85)/b8-6-,14-12-,20-18-,26-24-,32-30-,49-47-,55-53-,61-59-. The summed E-state index contributed by atoms with van der Waals surface area (Å²) in [5.41, 5.74) is 5.40. The van der Waals surface area contributed by atoms with Crippen LogP contribution in [-0.4, -0.2) is 49.3 Å². The first-order valence-electron chi connectivity index (χ1n) is 38.2. The number of carbonyl (C=O) groups excluding carboxylic acids is 2. The minimum atomic E-state index is -4.41. The van der Waals surface area contributed by atoms with Crippen LogP contribution in [0.3, 0.4) is 0 Å².